The lowest BCUT2D eigenvalue weighted by atomic mass is 10.00. The molecule has 5 heteroatoms. The first kappa shape index (κ1) is 10.3. The van der Waals surface area contributed by atoms with Gasteiger partial charge >= 0.3 is 0 Å². The molecule has 0 unspecified atom stereocenters. The van der Waals surface area contributed by atoms with Crippen LogP contribution < -0.4 is 11.1 Å². The van der Waals surface area contributed by atoms with Gasteiger partial charge in [0.25, 0.3) is 11.1 Å². The van der Waals surface area contributed by atoms with Gasteiger partial charge in [0.2, 0.25) is 5.88 Å². The van der Waals surface area contributed by atoms with Crippen LogP contribution in [0.4, 0.5) is 0 Å². The quantitative estimate of drug-likeness (QED) is 0.510. The SMILES string of the molecule is Cn1c(O)c2ccc3nc(=O)c4ccc(c1=O)c2c34. The van der Waals surface area contributed by atoms with Gasteiger partial charge in [-0.1, -0.05) is 0 Å². The topological polar surface area (TPSA) is 72.2 Å². The van der Waals surface area contributed by atoms with Crippen molar-refractivity contribution in [1.82, 2.24) is 9.55 Å². The summed E-state index contributed by atoms with van der Waals surface area (Å²) in [4.78, 5) is 27.9. The molecular weight excluding hydrogens is 244 g/mol. The summed E-state index contributed by atoms with van der Waals surface area (Å²) >= 11 is 0. The molecule has 19 heavy (non-hydrogen) atoms. The Morgan fingerprint density at radius 2 is 1.68 bits per heavy atom. The highest BCUT2D eigenvalue weighted by Gasteiger charge is 2.18. The zero-order valence-electron chi connectivity index (χ0n) is 9.97. The van der Waals surface area contributed by atoms with E-state index in [9.17, 15) is 14.7 Å². The highest BCUT2D eigenvalue weighted by Crippen LogP contribution is 2.34. The van der Waals surface area contributed by atoms with E-state index in [0.717, 1.165) is 0 Å². The van der Waals surface area contributed by atoms with Crippen LogP contribution >= 0.6 is 0 Å². The number of aromatic hydroxyl groups is 1. The summed E-state index contributed by atoms with van der Waals surface area (Å²) < 4.78 is 1.20. The molecule has 0 atom stereocenters. The van der Waals surface area contributed by atoms with Gasteiger partial charge in [-0.15, -0.1) is 0 Å². The summed E-state index contributed by atoms with van der Waals surface area (Å²) in [7, 11) is 1.52. The minimum Gasteiger partial charge on any atom is -0.494 e. The van der Waals surface area contributed by atoms with Gasteiger partial charge in [0.15, 0.2) is 0 Å². The number of rotatable bonds is 0. The Labute approximate surface area is 106 Å². The first-order valence-corrected chi connectivity index (χ1v) is 5.79. The number of benzene rings is 2. The van der Waals surface area contributed by atoms with E-state index in [1.54, 1.807) is 24.3 Å². The van der Waals surface area contributed by atoms with Gasteiger partial charge in [0, 0.05) is 28.6 Å². The van der Waals surface area contributed by atoms with Gasteiger partial charge in [0.1, 0.15) is 0 Å². The summed E-state index contributed by atoms with van der Waals surface area (Å²) in [6.45, 7) is 0. The van der Waals surface area contributed by atoms with Gasteiger partial charge in [-0.2, -0.15) is 0 Å². The molecule has 1 N–H and O–H groups in total. The molecule has 0 aliphatic rings. The van der Waals surface area contributed by atoms with E-state index in [0.29, 0.717) is 32.4 Å². The van der Waals surface area contributed by atoms with Crippen LogP contribution in [0.1, 0.15) is 0 Å². The zero-order chi connectivity index (χ0) is 13.3. The summed E-state index contributed by atoms with van der Waals surface area (Å²) in [5.74, 6) is -0.0967. The second kappa shape index (κ2) is 3.00. The monoisotopic (exact) mass is 252 g/mol. The van der Waals surface area contributed by atoms with E-state index < -0.39 is 0 Å². The number of hydrogen-bond acceptors (Lipinski definition) is 4. The highest BCUT2D eigenvalue weighted by molar-refractivity contribution is 6.23. The van der Waals surface area contributed by atoms with Crippen molar-refractivity contribution in [2.24, 2.45) is 7.05 Å². The maximum atomic E-state index is 12.2. The van der Waals surface area contributed by atoms with Crippen LogP contribution in [-0.4, -0.2) is 14.7 Å². The van der Waals surface area contributed by atoms with Crippen molar-refractivity contribution < 1.29 is 5.11 Å². The standard InChI is InChI=1S/C14H8N2O3/c1-16-13(18)7-3-2-6-11-9(15-12(6)17)5-4-8(10(7)11)14(16)19/h2-5,19H,1H3. The van der Waals surface area contributed by atoms with Gasteiger partial charge in [-0.25, -0.2) is 4.98 Å². The van der Waals surface area contributed by atoms with Gasteiger partial charge in [0.05, 0.1) is 10.9 Å². The molecule has 0 bridgehead atoms. The Balaban J connectivity index is 2.55. The largest absolute Gasteiger partial charge is 0.494 e. The first-order chi connectivity index (χ1) is 9.09. The maximum Gasteiger partial charge on any atom is 0.278 e. The summed E-state index contributed by atoms with van der Waals surface area (Å²) in [6.07, 6.45) is 0. The number of hydrogen-bond donors (Lipinski definition) is 1. The van der Waals surface area contributed by atoms with Gasteiger partial charge in [-0.05, 0) is 24.3 Å². The van der Waals surface area contributed by atoms with Gasteiger partial charge in [-0.3, -0.25) is 14.2 Å². The molecule has 0 aliphatic carbocycles. The zero-order valence-corrected chi connectivity index (χ0v) is 9.97. The minimum atomic E-state index is -0.301. The van der Waals surface area contributed by atoms with Crippen molar-refractivity contribution in [1.29, 1.82) is 0 Å². The van der Waals surface area contributed by atoms with Crippen LogP contribution in [-0.2, 0) is 7.05 Å². The Bertz CT molecular complexity index is 1070. The van der Waals surface area contributed by atoms with Crippen LogP contribution in [0.3, 0.4) is 0 Å². The van der Waals surface area contributed by atoms with Crippen molar-refractivity contribution >= 4 is 32.4 Å². The molecule has 2 aromatic heterocycles. The molecule has 0 aliphatic heterocycles. The Kier molecular flexibility index (Phi) is 1.62. The third-order valence-electron chi connectivity index (χ3n) is 3.68. The average molecular weight is 252 g/mol. The predicted molar refractivity (Wildman–Crippen MR) is 72.3 cm³/mol. The maximum absolute atomic E-state index is 12.2. The fourth-order valence-corrected chi connectivity index (χ4v) is 2.74. The molecule has 92 valence electrons. The fraction of sp³-hybridized carbons (Fsp3) is 0.0714. The predicted octanol–water partition coefficient (Wildman–Crippen LogP) is 1.18. The summed E-state index contributed by atoms with van der Waals surface area (Å²) in [5.41, 5.74) is -0.0247. The molecule has 5 nitrogen and oxygen atoms in total. The van der Waals surface area contributed by atoms with Crippen LogP contribution in [0, 0.1) is 0 Å². The lowest BCUT2D eigenvalue weighted by Gasteiger charge is -2.10. The molecule has 0 saturated carbocycles. The highest BCUT2D eigenvalue weighted by atomic mass is 16.3. The molecule has 0 radical (unpaired) electrons. The first-order valence-electron chi connectivity index (χ1n) is 5.79. The Morgan fingerprint density at radius 3 is 2.47 bits per heavy atom. The number of nitrogens with zero attached hydrogens (tertiary/aromatic N) is 2. The van der Waals surface area contributed by atoms with E-state index in [2.05, 4.69) is 4.98 Å². The smallest absolute Gasteiger partial charge is 0.278 e. The van der Waals surface area contributed by atoms with E-state index in [1.165, 1.54) is 11.6 Å². The van der Waals surface area contributed by atoms with Gasteiger partial charge < -0.3 is 5.11 Å². The number of pyridine rings is 1. The second-order valence-corrected chi connectivity index (χ2v) is 4.65. The third-order valence-corrected chi connectivity index (χ3v) is 3.68. The molecule has 2 heterocycles. The Hall–Kier alpha value is -2.69. The van der Waals surface area contributed by atoms with E-state index >= 15 is 0 Å². The second-order valence-electron chi connectivity index (χ2n) is 4.65. The van der Waals surface area contributed by atoms with E-state index in [1.807, 2.05) is 0 Å². The van der Waals surface area contributed by atoms with Crippen molar-refractivity contribution in [2.45, 2.75) is 0 Å². The summed E-state index contributed by atoms with van der Waals surface area (Å²) in [5, 5.41) is 12.9. The molecular formula is C14H8N2O3. The Morgan fingerprint density at radius 1 is 1.00 bits per heavy atom. The van der Waals surface area contributed by atoms with Crippen molar-refractivity contribution in [3.8, 4) is 5.88 Å². The molecule has 2 aromatic carbocycles. The lowest BCUT2D eigenvalue weighted by molar-refractivity contribution is 0.431. The number of aromatic nitrogens is 2. The average Bonchev–Trinajstić information content (AvgIpc) is 2.74. The molecule has 0 fully saturated rings. The van der Waals surface area contributed by atoms with Crippen LogP contribution in [0.5, 0.6) is 5.88 Å². The fourth-order valence-electron chi connectivity index (χ4n) is 2.74. The lowest BCUT2D eigenvalue weighted by Crippen LogP contribution is -2.16. The molecule has 0 amide bonds. The van der Waals surface area contributed by atoms with E-state index in [4.69, 9.17) is 0 Å². The molecule has 0 spiro atoms. The van der Waals surface area contributed by atoms with Crippen LogP contribution in [0.15, 0.2) is 33.9 Å². The van der Waals surface area contributed by atoms with Crippen LogP contribution in [0.2, 0.25) is 0 Å². The van der Waals surface area contributed by atoms with Crippen molar-refractivity contribution in [2.75, 3.05) is 0 Å². The molecule has 4 aromatic rings. The minimum absolute atomic E-state index is 0.0967. The summed E-state index contributed by atoms with van der Waals surface area (Å²) in [6, 6.07) is 6.62. The molecule has 0 saturated heterocycles. The van der Waals surface area contributed by atoms with Crippen LogP contribution in [0.25, 0.3) is 32.4 Å². The van der Waals surface area contributed by atoms with Crippen molar-refractivity contribution in [3.05, 3.63) is 45.0 Å². The molecule has 4 rings (SSSR count). The van der Waals surface area contributed by atoms with E-state index in [-0.39, 0.29) is 17.0 Å². The third kappa shape index (κ3) is 1.03. The van der Waals surface area contributed by atoms with Crippen molar-refractivity contribution in [3.63, 3.8) is 0 Å². The normalized spacial score (nSPS) is 12.1.